The molecule has 0 aromatic heterocycles. The van der Waals surface area contributed by atoms with Gasteiger partial charge in [0.15, 0.2) is 0 Å². The van der Waals surface area contributed by atoms with Gasteiger partial charge in [-0.3, -0.25) is 0 Å². The second-order valence-electron chi connectivity index (χ2n) is 6.76. The zero-order valence-electron chi connectivity index (χ0n) is 16.4. The van der Waals surface area contributed by atoms with Crippen molar-refractivity contribution in [3.63, 3.8) is 0 Å². The second kappa shape index (κ2) is 16.7. The molecule has 2 N–H and O–H groups in total. The lowest BCUT2D eigenvalue weighted by Gasteiger charge is -2.28. The van der Waals surface area contributed by atoms with Crippen molar-refractivity contribution in [2.45, 2.75) is 92.0 Å². The van der Waals surface area contributed by atoms with Crippen LogP contribution in [-0.4, -0.2) is 36.7 Å². The average molecular weight is 348 g/mol. The molecule has 140 valence electrons. The van der Waals surface area contributed by atoms with Gasteiger partial charge in [-0.25, -0.2) is 0 Å². The zero-order chi connectivity index (χ0) is 18.1. The van der Waals surface area contributed by atoms with E-state index >= 15 is 0 Å². The molecule has 0 aromatic carbocycles. The summed E-state index contributed by atoms with van der Waals surface area (Å²) in [7, 11) is -0.562. The third kappa shape index (κ3) is 15.1. The summed E-state index contributed by atoms with van der Waals surface area (Å²) in [5.41, 5.74) is 4.77. The molecule has 0 saturated carbocycles. The maximum Gasteiger partial charge on any atom is 0.0594 e. The lowest BCUT2D eigenvalue weighted by Crippen LogP contribution is -2.39. The summed E-state index contributed by atoms with van der Waals surface area (Å²) in [6.45, 7) is 10.8. The van der Waals surface area contributed by atoms with Gasteiger partial charge in [-0.05, 0) is 32.6 Å². The second-order valence-corrected chi connectivity index (χ2v) is 11.2. The van der Waals surface area contributed by atoms with Crippen LogP contribution in [0.2, 0.25) is 0 Å². The minimum atomic E-state index is -1.21. The van der Waals surface area contributed by atoms with Crippen LogP contribution in [0.25, 0.3) is 0 Å². The largest absolute Gasteiger partial charge is 0.548 e. The van der Waals surface area contributed by atoms with Crippen LogP contribution in [0.1, 0.15) is 86.0 Å². The highest BCUT2D eigenvalue weighted by Crippen LogP contribution is 2.61. The number of carbonyl (C=O) groups is 1. The van der Waals surface area contributed by atoms with Gasteiger partial charge < -0.3 is 15.6 Å². The van der Waals surface area contributed by atoms with Crippen LogP contribution in [0.3, 0.4) is 0 Å². The quantitative estimate of drug-likeness (QED) is 0.505. The molecule has 0 rings (SSSR count). The Morgan fingerprint density at radius 1 is 0.826 bits per heavy atom. The fourth-order valence-corrected chi connectivity index (χ4v) is 7.93. The monoisotopic (exact) mass is 347 g/mol. The Bertz CT molecular complexity index is 233. The lowest BCUT2D eigenvalue weighted by molar-refractivity contribution is -0.306. The standard InChI is InChI=1S/C16H36P.C3H7NO2/c1-5-9-13-17(14-10-6-2,15-11-7-3)16-12-8-4;1-2(4)3(5)6/h5-16H2,1-4H3;2H,4H2,1H3,(H,5,6)/q+1;/p-1. The molecular formula is C19H42NO2P. The first-order valence-corrected chi connectivity index (χ1v) is 12.2. The minimum Gasteiger partial charge on any atom is -0.548 e. The van der Waals surface area contributed by atoms with E-state index < -0.39 is 19.3 Å². The molecule has 0 aliphatic rings. The number of carboxylic acids is 1. The molecule has 0 aromatic rings. The summed E-state index contributed by atoms with van der Waals surface area (Å²) >= 11 is 0. The van der Waals surface area contributed by atoms with Crippen molar-refractivity contribution in [1.82, 2.24) is 0 Å². The molecule has 0 amide bonds. The fraction of sp³-hybridized carbons (Fsp3) is 0.947. The molecule has 0 fully saturated rings. The van der Waals surface area contributed by atoms with Crippen LogP contribution in [0.5, 0.6) is 0 Å². The number of rotatable bonds is 13. The van der Waals surface area contributed by atoms with Gasteiger partial charge in [0.25, 0.3) is 0 Å². The van der Waals surface area contributed by atoms with Crippen molar-refractivity contribution in [3.05, 3.63) is 0 Å². The van der Waals surface area contributed by atoms with Gasteiger partial charge in [-0.15, -0.1) is 0 Å². The van der Waals surface area contributed by atoms with E-state index in [1.807, 2.05) is 0 Å². The van der Waals surface area contributed by atoms with Gasteiger partial charge in [0.2, 0.25) is 0 Å². The molecule has 1 atom stereocenters. The van der Waals surface area contributed by atoms with Crippen molar-refractivity contribution in [1.29, 1.82) is 0 Å². The van der Waals surface area contributed by atoms with E-state index in [0.717, 1.165) is 0 Å². The summed E-state index contributed by atoms with van der Waals surface area (Å²) in [6.07, 6.45) is 17.9. The maximum absolute atomic E-state index is 9.46. The average Bonchev–Trinajstić information content (AvgIpc) is 2.54. The number of hydrogen-bond acceptors (Lipinski definition) is 3. The number of nitrogens with two attached hydrogens (primary N) is 1. The van der Waals surface area contributed by atoms with Gasteiger partial charge in [-0.2, -0.15) is 0 Å². The highest BCUT2D eigenvalue weighted by atomic mass is 31.2. The number of carboxylic acid groups (broad SMARTS) is 1. The van der Waals surface area contributed by atoms with E-state index in [1.54, 1.807) is 24.6 Å². The van der Waals surface area contributed by atoms with Crippen LogP contribution in [-0.2, 0) is 4.79 Å². The summed E-state index contributed by atoms with van der Waals surface area (Å²) in [5.74, 6) is -1.21. The highest BCUT2D eigenvalue weighted by Gasteiger charge is 2.34. The first kappa shape index (κ1) is 25.1. The Labute approximate surface area is 146 Å². The molecule has 23 heavy (non-hydrogen) atoms. The number of hydrogen-bond donors (Lipinski definition) is 1. The Morgan fingerprint density at radius 2 is 1.04 bits per heavy atom. The molecular weight excluding hydrogens is 305 g/mol. The lowest BCUT2D eigenvalue weighted by atomic mass is 10.4. The SMILES string of the molecule is CC(N)C(=O)[O-].CCCC[P+](CCCC)(CCCC)CCCC. The third-order valence-corrected chi connectivity index (χ3v) is 9.38. The molecule has 3 nitrogen and oxygen atoms in total. The molecule has 1 unspecified atom stereocenters. The predicted octanol–water partition coefficient (Wildman–Crippen LogP) is 4.29. The van der Waals surface area contributed by atoms with Crippen molar-refractivity contribution < 1.29 is 9.90 Å². The van der Waals surface area contributed by atoms with Crippen LogP contribution in [0.15, 0.2) is 0 Å². The molecule has 4 heteroatoms. The van der Waals surface area contributed by atoms with Crippen LogP contribution in [0, 0.1) is 0 Å². The minimum absolute atomic E-state index is 0.562. The van der Waals surface area contributed by atoms with Gasteiger partial charge in [-0.1, -0.05) is 53.4 Å². The molecule has 0 spiro atoms. The van der Waals surface area contributed by atoms with Crippen molar-refractivity contribution >= 4 is 13.2 Å². The number of aliphatic carboxylic acids is 1. The summed E-state index contributed by atoms with van der Waals surface area (Å²) in [6, 6.07) is -0.843. The highest BCUT2D eigenvalue weighted by molar-refractivity contribution is 7.75. The molecule has 0 aliphatic heterocycles. The molecule has 0 heterocycles. The van der Waals surface area contributed by atoms with E-state index in [2.05, 4.69) is 27.7 Å². The number of unbranched alkanes of at least 4 members (excludes halogenated alkanes) is 4. The van der Waals surface area contributed by atoms with Gasteiger partial charge in [0, 0.05) is 13.3 Å². The van der Waals surface area contributed by atoms with E-state index in [4.69, 9.17) is 5.73 Å². The predicted molar refractivity (Wildman–Crippen MR) is 105 cm³/mol. The maximum atomic E-state index is 9.46. The van der Waals surface area contributed by atoms with E-state index in [-0.39, 0.29) is 0 Å². The summed E-state index contributed by atoms with van der Waals surface area (Å²) in [4.78, 5) is 9.46. The summed E-state index contributed by atoms with van der Waals surface area (Å²) < 4.78 is 0. The van der Waals surface area contributed by atoms with Crippen LogP contribution >= 0.6 is 7.26 Å². The normalized spacial score (nSPS) is 12.4. The fourth-order valence-electron chi connectivity index (χ4n) is 2.64. The van der Waals surface area contributed by atoms with E-state index in [1.165, 1.54) is 58.3 Å². The van der Waals surface area contributed by atoms with Crippen LogP contribution in [0.4, 0.5) is 0 Å². The zero-order valence-corrected chi connectivity index (χ0v) is 17.3. The Morgan fingerprint density at radius 3 is 1.17 bits per heavy atom. The van der Waals surface area contributed by atoms with Gasteiger partial charge in [0.05, 0.1) is 30.6 Å². The van der Waals surface area contributed by atoms with Crippen molar-refractivity contribution in [3.8, 4) is 0 Å². The van der Waals surface area contributed by atoms with E-state index in [0.29, 0.717) is 0 Å². The Kier molecular flexibility index (Phi) is 18.2. The summed E-state index contributed by atoms with van der Waals surface area (Å²) in [5, 5.41) is 9.46. The van der Waals surface area contributed by atoms with Crippen LogP contribution < -0.4 is 10.8 Å². The molecule has 0 saturated heterocycles. The molecule has 0 aliphatic carbocycles. The topological polar surface area (TPSA) is 66.2 Å². The first-order chi connectivity index (χ1) is 10.9. The smallest absolute Gasteiger partial charge is 0.0594 e. The third-order valence-electron chi connectivity index (χ3n) is 4.32. The van der Waals surface area contributed by atoms with Gasteiger partial charge in [0.1, 0.15) is 0 Å². The van der Waals surface area contributed by atoms with Crippen molar-refractivity contribution in [2.75, 3.05) is 24.6 Å². The van der Waals surface area contributed by atoms with Crippen molar-refractivity contribution in [2.24, 2.45) is 5.73 Å². The Hall–Kier alpha value is -0.140. The first-order valence-electron chi connectivity index (χ1n) is 9.70. The molecule has 0 bridgehead atoms. The molecule has 0 radical (unpaired) electrons. The van der Waals surface area contributed by atoms with Gasteiger partial charge >= 0.3 is 0 Å². The Balaban J connectivity index is 0. The van der Waals surface area contributed by atoms with E-state index in [9.17, 15) is 9.90 Å². The number of carbonyl (C=O) groups excluding carboxylic acids is 1.